The summed E-state index contributed by atoms with van der Waals surface area (Å²) in [7, 11) is 0. The van der Waals surface area contributed by atoms with Crippen molar-refractivity contribution < 1.29 is 14.1 Å². The lowest BCUT2D eigenvalue weighted by molar-refractivity contribution is 0.222. The number of rotatable bonds is 6. The zero-order chi connectivity index (χ0) is 20.0. The van der Waals surface area contributed by atoms with E-state index in [1.165, 1.54) is 11.5 Å². The lowest BCUT2D eigenvalue weighted by atomic mass is 9.93. The average molecular weight is 405 g/mol. The summed E-state index contributed by atoms with van der Waals surface area (Å²) in [6.45, 7) is 9.94. The van der Waals surface area contributed by atoms with Gasteiger partial charge < -0.3 is 14.6 Å². The Morgan fingerprint density at radius 3 is 2.57 bits per heavy atom. The van der Waals surface area contributed by atoms with E-state index in [4.69, 9.17) is 9.26 Å². The Hall–Kier alpha value is -2.19. The maximum atomic E-state index is 12.1. The van der Waals surface area contributed by atoms with E-state index in [0.29, 0.717) is 23.9 Å². The third-order valence-corrected chi connectivity index (χ3v) is 5.33. The highest BCUT2D eigenvalue weighted by atomic mass is 32.2. The van der Waals surface area contributed by atoms with Gasteiger partial charge in [0, 0.05) is 48.3 Å². The molecule has 1 aromatic heterocycles. The molecule has 2 aromatic rings. The molecule has 1 aliphatic rings. The molecule has 28 heavy (non-hydrogen) atoms. The molecule has 3 rings (SSSR count). The fraction of sp³-hybridized carbons (Fsp3) is 0.500. The molecule has 0 saturated carbocycles. The number of nitrogens with one attached hydrogen (secondary N) is 2. The lowest BCUT2D eigenvalue weighted by Gasteiger charge is -2.25. The molecule has 152 valence electrons. The minimum Gasteiger partial charge on any atom is -0.492 e. The molecule has 2 heterocycles. The van der Waals surface area contributed by atoms with Gasteiger partial charge in [0.05, 0.1) is 0 Å². The number of anilines is 2. The molecule has 2 N–H and O–H groups in total. The summed E-state index contributed by atoms with van der Waals surface area (Å²) in [5.41, 5.74) is 0.518. The summed E-state index contributed by atoms with van der Waals surface area (Å²) in [5.74, 6) is 4.30. The molecule has 1 fully saturated rings. The van der Waals surface area contributed by atoms with Gasteiger partial charge in [-0.05, 0) is 24.3 Å². The van der Waals surface area contributed by atoms with E-state index in [-0.39, 0.29) is 11.4 Å². The predicted octanol–water partition coefficient (Wildman–Crippen LogP) is 4.04. The first kappa shape index (κ1) is 20.5. The third-order valence-electron chi connectivity index (χ3n) is 4.38. The van der Waals surface area contributed by atoms with E-state index >= 15 is 0 Å². The molecule has 0 radical (unpaired) electrons. The van der Waals surface area contributed by atoms with Crippen LogP contribution in [0.3, 0.4) is 0 Å². The van der Waals surface area contributed by atoms with Crippen LogP contribution in [0.25, 0.3) is 0 Å². The Morgan fingerprint density at radius 1 is 1.21 bits per heavy atom. The highest BCUT2D eigenvalue weighted by Gasteiger charge is 2.20. The second kappa shape index (κ2) is 9.34. The lowest BCUT2D eigenvalue weighted by Crippen LogP contribution is -2.35. The van der Waals surface area contributed by atoms with Gasteiger partial charge in [0.25, 0.3) is 0 Å². The van der Waals surface area contributed by atoms with Crippen LogP contribution < -0.4 is 15.4 Å². The SMILES string of the molecule is CC(C)(C)c1cc(NC(=O)Nc2ccc(OCCN3CCSCC3)cc2)no1. The van der Waals surface area contributed by atoms with Crippen LogP contribution in [0.1, 0.15) is 26.5 Å². The van der Waals surface area contributed by atoms with Crippen molar-refractivity contribution in [2.24, 2.45) is 0 Å². The van der Waals surface area contributed by atoms with E-state index in [0.717, 1.165) is 25.4 Å². The number of hydrogen-bond acceptors (Lipinski definition) is 6. The highest BCUT2D eigenvalue weighted by Crippen LogP contribution is 2.24. The maximum Gasteiger partial charge on any atom is 0.324 e. The number of thioether (sulfide) groups is 1. The molecule has 0 bridgehead atoms. The van der Waals surface area contributed by atoms with Crippen LogP contribution in [-0.4, -0.2) is 53.8 Å². The van der Waals surface area contributed by atoms with Gasteiger partial charge in [-0.15, -0.1) is 0 Å². The number of nitrogens with zero attached hydrogens (tertiary/aromatic N) is 2. The van der Waals surface area contributed by atoms with Gasteiger partial charge in [-0.1, -0.05) is 25.9 Å². The topological polar surface area (TPSA) is 79.6 Å². The monoisotopic (exact) mass is 404 g/mol. The molecule has 8 heteroatoms. The van der Waals surface area contributed by atoms with Crippen molar-refractivity contribution in [1.29, 1.82) is 0 Å². The molecule has 1 aliphatic heterocycles. The largest absolute Gasteiger partial charge is 0.492 e. The van der Waals surface area contributed by atoms with Crippen molar-refractivity contribution in [2.75, 3.05) is 48.4 Å². The zero-order valence-electron chi connectivity index (χ0n) is 16.7. The van der Waals surface area contributed by atoms with Gasteiger partial charge in [0.1, 0.15) is 18.1 Å². The fourth-order valence-electron chi connectivity index (χ4n) is 2.72. The van der Waals surface area contributed by atoms with Gasteiger partial charge in [-0.2, -0.15) is 11.8 Å². The third kappa shape index (κ3) is 6.17. The zero-order valence-corrected chi connectivity index (χ0v) is 17.5. The summed E-state index contributed by atoms with van der Waals surface area (Å²) in [6.07, 6.45) is 0. The smallest absolute Gasteiger partial charge is 0.324 e. The quantitative estimate of drug-likeness (QED) is 0.756. The first-order chi connectivity index (χ1) is 13.4. The Balaban J connectivity index is 1.43. The number of aromatic nitrogens is 1. The summed E-state index contributed by atoms with van der Waals surface area (Å²) >= 11 is 2.01. The Labute approximate surface area is 170 Å². The van der Waals surface area contributed by atoms with Crippen molar-refractivity contribution in [1.82, 2.24) is 10.1 Å². The maximum absolute atomic E-state index is 12.1. The van der Waals surface area contributed by atoms with Crippen LogP contribution in [0.4, 0.5) is 16.3 Å². The van der Waals surface area contributed by atoms with E-state index in [2.05, 4.69) is 20.7 Å². The molecule has 0 atom stereocenters. The second-order valence-electron chi connectivity index (χ2n) is 7.73. The number of amides is 2. The Kier molecular flexibility index (Phi) is 6.85. The highest BCUT2D eigenvalue weighted by molar-refractivity contribution is 7.99. The Morgan fingerprint density at radius 2 is 1.93 bits per heavy atom. The Bertz CT molecular complexity index is 765. The number of ether oxygens (including phenoxy) is 1. The van der Waals surface area contributed by atoms with E-state index in [9.17, 15) is 4.79 Å². The molecular weight excluding hydrogens is 376 g/mol. The molecule has 7 nitrogen and oxygen atoms in total. The molecular formula is C20H28N4O3S. The first-order valence-corrected chi connectivity index (χ1v) is 10.6. The number of carbonyl (C=O) groups excluding carboxylic acids is 1. The van der Waals surface area contributed by atoms with Crippen LogP contribution in [0.5, 0.6) is 5.75 Å². The van der Waals surface area contributed by atoms with E-state index in [1.807, 2.05) is 56.8 Å². The van der Waals surface area contributed by atoms with Crippen LogP contribution in [0, 0.1) is 0 Å². The van der Waals surface area contributed by atoms with Crippen molar-refractivity contribution >= 4 is 29.3 Å². The molecule has 0 aliphatic carbocycles. The van der Waals surface area contributed by atoms with Gasteiger partial charge in [0.15, 0.2) is 5.82 Å². The standard InChI is InChI=1S/C20H28N4O3S/c1-20(2,3)17-14-18(23-27-17)22-19(25)21-15-4-6-16(7-5-15)26-11-8-24-9-12-28-13-10-24/h4-7,14H,8-13H2,1-3H3,(H2,21,22,23,25). The summed E-state index contributed by atoms with van der Waals surface area (Å²) in [6, 6.07) is 8.71. The fourth-order valence-corrected chi connectivity index (χ4v) is 3.70. The van der Waals surface area contributed by atoms with Gasteiger partial charge in [-0.3, -0.25) is 10.2 Å². The van der Waals surface area contributed by atoms with Crippen LogP contribution in [0.15, 0.2) is 34.9 Å². The van der Waals surface area contributed by atoms with Crippen LogP contribution >= 0.6 is 11.8 Å². The summed E-state index contributed by atoms with van der Waals surface area (Å²) < 4.78 is 11.1. The second-order valence-corrected chi connectivity index (χ2v) is 8.96. The molecule has 1 aromatic carbocycles. The van der Waals surface area contributed by atoms with Crippen molar-refractivity contribution in [2.45, 2.75) is 26.2 Å². The number of urea groups is 1. The minimum absolute atomic E-state index is 0.161. The molecule has 0 unspecified atom stereocenters. The van der Waals surface area contributed by atoms with Crippen molar-refractivity contribution in [3.8, 4) is 5.75 Å². The van der Waals surface area contributed by atoms with E-state index in [1.54, 1.807) is 6.07 Å². The van der Waals surface area contributed by atoms with Crippen molar-refractivity contribution in [3.63, 3.8) is 0 Å². The first-order valence-electron chi connectivity index (χ1n) is 9.48. The normalized spacial score (nSPS) is 15.2. The molecule has 2 amide bonds. The molecule has 1 saturated heterocycles. The molecule has 0 spiro atoms. The average Bonchev–Trinajstić information content (AvgIpc) is 3.13. The van der Waals surface area contributed by atoms with Gasteiger partial charge in [0.2, 0.25) is 0 Å². The number of carbonyl (C=O) groups is 1. The minimum atomic E-state index is -0.370. The van der Waals surface area contributed by atoms with Crippen molar-refractivity contribution in [3.05, 3.63) is 36.1 Å². The summed E-state index contributed by atoms with van der Waals surface area (Å²) in [4.78, 5) is 14.6. The number of hydrogen-bond donors (Lipinski definition) is 2. The van der Waals surface area contributed by atoms with Crippen LogP contribution in [-0.2, 0) is 5.41 Å². The number of benzene rings is 1. The predicted molar refractivity (Wildman–Crippen MR) is 114 cm³/mol. The van der Waals surface area contributed by atoms with Crippen LogP contribution in [0.2, 0.25) is 0 Å². The van der Waals surface area contributed by atoms with Gasteiger partial charge >= 0.3 is 6.03 Å². The van der Waals surface area contributed by atoms with Gasteiger partial charge in [-0.25, -0.2) is 4.79 Å². The summed E-state index contributed by atoms with van der Waals surface area (Å²) in [5, 5.41) is 9.33. The van der Waals surface area contributed by atoms with E-state index < -0.39 is 0 Å².